The zero-order chi connectivity index (χ0) is 27.9. The van der Waals surface area contributed by atoms with Crippen molar-refractivity contribution in [2.45, 2.75) is 69.3 Å². The van der Waals surface area contributed by atoms with Crippen molar-refractivity contribution in [1.29, 1.82) is 0 Å². The van der Waals surface area contributed by atoms with Gasteiger partial charge in [0.05, 0.1) is 6.42 Å². The van der Waals surface area contributed by atoms with Crippen LogP contribution in [0.1, 0.15) is 44.1 Å². The number of nitrogens with one attached hydrogen (secondary N) is 4. The van der Waals surface area contributed by atoms with Gasteiger partial charge in [-0.15, -0.1) is 0 Å². The van der Waals surface area contributed by atoms with Gasteiger partial charge in [0.15, 0.2) is 5.96 Å². The van der Waals surface area contributed by atoms with E-state index in [4.69, 9.17) is 4.74 Å². The fourth-order valence-electron chi connectivity index (χ4n) is 5.79. The van der Waals surface area contributed by atoms with Gasteiger partial charge in [-0.05, 0) is 55.9 Å². The summed E-state index contributed by atoms with van der Waals surface area (Å²) in [6.45, 7) is 1.74. The highest BCUT2D eigenvalue weighted by Gasteiger charge is 2.41. The number of aliphatic imine (C=N–C) groups is 1. The number of carboxylic acids is 1. The van der Waals surface area contributed by atoms with E-state index in [9.17, 15) is 19.5 Å². The molecule has 2 bridgehead atoms. The van der Waals surface area contributed by atoms with Gasteiger partial charge >= 0.3 is 12.1 Å². The zero-order valence-electron chi connectivity index (χ0n) is 22.3. The number of benzene rings is 2. The summed E-state index contributed by atoms with van der Waals surface area (Å²) in [5.74, 6) is -0.892. The summed E-state index contributed by atoms with van der Waals surface area (Å²) in [6, 6.07) is 16.5. The molecule has 0 saturated carbocycles. The zero-order valence-corrected chi connectivity index (χ0v) is 22.3. The molecule has 3 aliphatic heterocycles. The van der Waals surface area contributed by atoms with Crippen LogP contribution in [0.2, 0.25) is 0 Å². The van der Waals surface area contributed by atoms with Gasteiger partial charge in [-0.1, -0.05) is 36.4 Å². The third-order valence-corrected chi connectivity index (χ3v) is 7.59. The summed E-state index contributed by atoms with van der Waals surface area (Å²) in [5, 5.41) is 21.5. The molecule has 212 valence electrons. The van der Waals surface area contributed by atoms with Crippen molar-refractivity contribution in [2.75, 3.05) is 23.3 Å². The van der Waals surface area contributed by atoms with Gasteiger partial charge in [0.2, 0.25) is 5.91 Å². The van der Waals surface area contributed by atoms with Crippen LogP contribution in [0.4, 0.5) is 16.2 Å². The summed E-state index contributed by atoms with van der Waals surface area (Å²) in [7, 11) is 0. The Morgan fingerprint density at radius 2 is 1.85 bits per heavy atom. The van der Waals surface area contributed by atoms with Crippen molar-refractivity contribution in [3.8, 4) is 0 Å². The van der Waals surface area contributed by atoms with Gasteiger partial charge in [0.25, 0.3) is 0 Å². The molecule has 40 heavy (non-hydrogen) atoms. The number of alkyl carbamates (subject to hydrolysis) is 1. The highest BCUT2D eigenvalue weighted by atomic mass is 16.5. The highest BCUT2D eigenvalue weighted by molar-refractivity contribution is 5.94. The van der Waals surface area contributed by atoms with Crippen molar-refractivity contribution in [3.63, 3.8) is 0 Å². The van der Waals surface area contributed by atoms with Gasteiger partial charge in [0.1, 0.15) is 12.6 Å². The first kappa shape index (κ1) is 27.3. The van der Waals surface area contributed by atoms with Crippen molar-refractivity contribution in [2.24, 2.45) is 4.99 Å². The number of rotatable bonds is 9. The SMILES string of the molecule is O=C(C[C@H](NC(=O)OCc1ccccc1)C(=O)O)NC1CC2CCC(C1)N2c1cccc(NC2=NCCCN2)c1. The summed E-state index contributed by atoms with van der Waals surface area (Å²) in [5.41, 5.74) is 2.90. The lowest BCUT2D eigenvalue weighted by atomic mass is 9.96. The predicted octanol–water partition coefficient (Wildman–Crippen LogP) is 2.83. The standard InChI is InChI=1S/C29H36N6O5/c36-26(17-25(27(37)38)34-29(39)40-18-19-6-2-1-3-7-19)32-21-15-23-10-11-24(16-21)35(23)22-9-4-8-20(14-22)33-28-30-12-5-13-31-28/h1-4,6-9,14,21,23-25H,5,10-13,15-18H2,(H,32,36)(H,34,39)(H,37,38)(H2,30,31,33)/t21?,23?,24?,25-/m0/s1. The number of carboxylic acid groups (broad SMARTS) is 1. The topological polar surface area (TPSA) is 144 Å². The van der Waals surface area contributed by atoms with Crippen LogP contribution in [0.5, 0.6) is 0 Å². The molecule has 0 spiro atoms. The number of carbonyl (C=O) groups excluding carboxylic acids is 2. The molecule has 3 aliphatic rings. The van der Waals surface area contributed by atoms with Gasteiger partial charge in [0, 0.05) is 42.6 Å². The van der Waals surface area contributed by atoms with E-state index in [0.717, 1.165) is 68.1 Å². The fraction of sp³-hybridized carbons (Fsp3) is 0.448. The lowest BCUT2D eigenvalue weighted by molar-refractivity contribution is -0.141. The normalized spacial score (nSPS) is 22.4. The Bertz CT molecular complexity index is 1220. The van der Waals surface area contributed by atoms with Crippen molar-refractivity contribution in [3.05, 3.63) is 60.2 Å². The van der Waals surface area contributed by atoms with Gasteiger partial charge in [-0.3, -0.25) is 9.79 Å². The number of anilines is 2. The summed E-state index contributed by atoms with van der Waals surface area (Å²) in [4.78, 5) is 43.6. The third kappa shape index (κ3) is 7.02. The van der Waals surface area contributed by atoms with Crippen LogP contribution in [0.15, 0.2) is 59.6 Å². The molecule has 2 unspecified atom stereocenters. The van der Waals surface area contributed by atoms with Crippen LogP contribution < -0.4 is 26.2 Å². The molecule has 2 saturated heterocycles. The van der Waals surface area contributed by atoms with Crippen LogP contribution in [-0.2, 0) is 20.9 Å². The molecular weight excluding hydrogens is 512 g/mol. The molecule has 0 aromatic heterocycles. The van der Waals surface area contributed by atoms with E-state index in [2.05, 4.69) is 43.3 Å². The largest absolute Gasteiger partial charge is 0.480 e. The van der Waals surface area contributed by atoms with E-state index in [0.29, 0.717) is 0 Å². The molecule has 11 nitrogen and oxygen atoms in total. The molecule has 2 amide bonds. The van der Waals surface area contributed by atoms with E-state index in [1.54, 1.807) is 12.1 Å². The lowest BCUT2D eigenvalue weighted by Crippen LogP contribution is -2.52. The molecule has 3 atom stereocenters. The Morgan fingerprint density at radius 1 is 1.07 bits per heavy atom. The van der Waals surface area contributed by atoms with Crippen molar-refractivity contribution >= 4 is 35.3 Å². The number of amides is 2. The smallest absolute Gasteiger partial charge is 0.408 e. The lowest BCUT2D eigenvalue weighted by Gasteiger charge is -2.41. The second kappa shape index (κ2) is 12.7. The number of hydrogen-bond acceptors (Lipinski definition) is 8. The maximum absolute atomic E-state index is 12.8. The van der Waals surface area contributed by atoms with Gasteiger partial charge in [-0.2, -0.15) is 0 Å². The predicted molar refractivity (Wildman–Crippen MR) is 151 cm³/mol. The summed E-state index contributed by atoms with van der Waals surface area (Å²) in [6.07, 6.45) is 3.42. The molecule has 0 aliphatic carbocycles. The van der Waals surface area contributed by atoms with Crippen LogP contribution in [0.3, 0.4) is 0 Å². The van der Waals surface area contributed by atoms with E-state index >= 15 is 0 Å². The third-order valence-electron chi connectivity index (χ3n) is 7.59. The maximum atomic E-state index is 12.8. The minimum Gasteiger partial charge on any atom is -0.480 e. The number of aliphatic carboxylic acids is 1. The Labute approximate surface area is 233 Å². The summed E-state index contributed by atoms with van der Waals surface area (Å²) < 4.78 is 5.12. The number of nitrogens with zero attached hydrogens (tertiary/aromatic N) is 2. The van der Waals surface area contributed by atoms with E-state index in [1.807, 2.05) is 30.3 Å². The molecule has 2 aromatic carbocycles. The second-order valence-electron chi connectivity index (χ2n) is 10.5. The highest BCUT2D eigenvalue weighted by Crippen LogP contribution is 2.40. The van der Waals surface area contributed by atoms with Gasteiger partial charge in [-0.25, -0.2) is 9.59 Å². The first-order valence-electron chi connectivity index (χ1n) is 13.9. The summed E-state index contributed by atoms with van der Waals surface area (Å²) >= 11 is 0. The Kier molecular flexibility index (Phi) is 8.68. The molecule has 5 rings (SSSR count). The van der Waals surface area contributed by atoms with Crippen LogP contribution >= 0.6 is 0 Å². The number of piperidine rings is 1. The molecule has 3 heterocycles. The van der Waals surface area contributed by atoms with Crippen LogP contribution in [0.25, 0.3) is 0 Å². The number of fused-ring (bicyclic) bond motifs is 2. The Hall–Kier alpha value is -4.28. The molecule has 11 heteroatoms. The van der Waals surface area contributed by atoms with E-state index < -0.39 is 24.0 Å². The number of hydrogen-bond donors (Lipinski definition) is 5. The first-order valence-corrected chi connectivity index (χ1v) is 13.9. The van der Waals surface area contributed by atoms with Crippen LogP contribution in [-0.4, -0.2) is 66.3 Å². The molecular formula is C29H36N6O5. The van der Waals surface area contributed by atoms with E-state index in [1.165, 1.54) is 0 Å². The minimum atomic E-state index is -1.38. The van der Waals surface area contributed by atoms with Crippen LogP contribution in [0, 0.1) is 0 Å². The number of guanidine groups is 1. The average molecular weight is 549 g/mol. The average Bonchev–Trinajstić information content (AvgIpc) is 3.23. The number of ether oxygens (including phenoxy) is 1. The molecule has 2 aromatic rings. The monoisotopic (exact) mass is 548 g/mol. The second-order valence-corrected chi connectivity index (χ2v) is 10.5. The fourth-order valence-corrected chi connectivity index (χ4v) is 5.79. The minimum absolute atomic E-state index is 0.0111. The van der Waals surface area contributed by atoms with E-state index in [-0.39, 0.29) is 31.2 Å². The number of carbonyl (C=O) groups is 3. The van der Waals surface area contributed by atoms with Gasteiger partial charge < -0.3 is 36.0 Å². The molecule has 5 N–H and O–H groups in total. The quantitative estimate of drug-likeness (QED) is 0.322. The van der Waals surface area contributed by atoms with Crippen molar-refractivity contribution in [1.82, 2.24) is 16.0 Å². The Balaban J connectivity index is 1.12. The molecule has 0 radical (unpaired) electrons. The Morgan fingerprint density at radius 3 is 2.55 bits per heavy atom. The first-order chi connectivity index (χ1) is 19.4. The molecule has 2 fully saturated rings. The maximum Gasteiger partial charge on any atom is 0.408 e. The van der Waals surface area contributed by atoms with Crippen molar-refractivity contribution < 1.29 is 24.2 Å².